The van der Waals surface area contributed by atoms with E-state index in [0.29, 0.717) is 6.04 Å². The molecule has 3 unspecified atom stereocenters. The average molecular weight is 728 g/mol. The zero-order valence-electron chi connectivity index (χ0n) is 31.6. The van der Waals surface area contributed by atoms with Gasteiger partial charge in [0.05, 0.1) is 16.6 Å². The van der Waals surface area contributed by atoms with Crippen molar-refractivity contribution in [1.29, 1.82) is 0 Å². The minimum Gasteiger partial charge on any atom is -0.459 e. The van der Waals surface area contributed by atoms with Crippen LogP contribution in [0.25, 0.3) is 55.7 Å². The molecule has 2 heterocycles. The zero-order valence-corrected chi connectivity index (χ0v) is 31.6. The molecular formula is C52H45N3O+2. The quantitative estimate of drug-likeness (QED) is 0.107. The number of para-hydroxylation sites is 3. The SMILES string of the molecule is CCC([NH2+]C([NH2+]c1ccccc1)c1ccccc1)c1ccc(-n2c3ccccc3c3cc(-c4cccc5c6c(oc45)C(c4ccccc4)CC=C6)ccc32)cc1. The summed E-state index contributed by atoms with van der Waals surface area (Å²) in [7, 11) is 0. The van der Waals surface area contributed by atoms with Crippen molar-refractivity contribution in [2.75, 3.05) is 0 Å². The van der Waals surface area contributed by atoms with Gasteiger partial charge in [0.1, 0.15) is 23.1 Å². The van der Waals surface area contributed by atoms with Crippen LogP contribution in [0.15, 0.2) is 186 Å². The van der Waals surface area contributed by atoms with Crippen LogP contribution in [0.3, 0.4) is 0 Å². The predicted octanol–water partition coefficient (Wildman–Crippen LogP) is 11.4. The third kappa shape index (κ3) is 6.14. The highest BCUT2D eigenvalue weighted by Gasteiger charge is 2.27. The number of fused-ring (bicyclic) bond motifs is 6. The number of benzene rings is 7. The number of allylic oxidation sites excluding steroid dienone is 1. The molecule has 0 amide bonds. The topological polar surface area (TPSA) is 51.3 Å². The molecule has 4 heteroatoms. The second kappa shape index (κ2) is 14.6. The van der Waals surface area contributed by atoms with Crippen molar-refractivity contribution in [3.8, 4) is 16.8 Å². The van der Waals surface area contributed by atoms with Gasteiger partial charge in [0, 0.05) is 50.9 Å². The minimum atomic E-state index is 0.203. The molecule has 9 aromatic rings. The summed E-state index contributed by atoms with van der Waals surface area (Å²) in [6, 6.07) is 64.2. The Hall–Kier alpha value is -6.46. The Kier molecular flexibility index (Phi) is 8.91. The second-order valence-corrected chi connectivity index (χ2v) is 15.1. The summed E-state index contributed by atoms with van der Waals surface area (Å²) in [4.78, 5) is 0. The van der Waals surface area contributed by atoms with Gasteiger partial charge in [-0.15, -0.1) is 0 Å². The number of furan rings is 1. The molecule has 0 saturated heterocycles. The van der Waals surface area contributed by atoms with E-state index < -0.39 is 0 Å². The van der Waals surface area contributed by atoms with Crippen LogP contribution < -0.4 is 10.6 Å². The first kappa shape index (κ1) is 34.1. The van der Waals surface area contributed by atoms with Gasteiger partial charge in [-0.2, -0.15) is 0 Å². The fourth-order valence-electron chi connectivity index (χ4n) is 8.95. The van der Waals surface area contributed by atoms with Gasteiger partial charge in [-0.25, -0.2) is 0 Å². The summed E-state index contributed by atoms with van der Waals surface area (Å²) >= 11 is 0. The monoisotopic (exact) mass is 727 g/mol. The van der Waals surface area contributed by atoms with E-state index in [-0.39, 0.29) is 12.1 Å². The number of hydrogen-bond donors (Lipinski definition) is 2. The van der Waals surface area contributed by atoms with Gasteiger partial charge in [-0.05, 0) is 72.1 Å². The number of hydrogen-bond acceptors (Lipinski definition) is 1. The number of aromatic nitrogens is 1. The van der Waals surface area contributed by atoms with E-state index in [1.165, 1.54) is 55.1 Å². The van der Waals surface area contributed by atoms with Crippen LogP contribution in [0.1, 0.15) is 65.9 Å². The lowest BCUT2D eigenvalue weighted by Gasteiger charge is -2.21. The lowest BCUT2D eigenvalue weighted by Crippen LogP contribution is -3.04. The fourth-order valence-corrected chi connectivity index (χ4v) is 8.95. The summed E-state index contributed by atoms with van der Waals surface area (Å²) in [5.74, 6) is 1.28. The van der Waals surface area contributed by atoms with E-state index in [0.717, 1.165) is 41.0 Å². The average Bonchev–Trinajstić information content (AvgIpc) is 3.82. The van der Waals surface area contributed by atoms with E-state index in [1.807, 2.05) is 0 Å². The van der Waals surface area contributed by atoms with Crippen molar-refractivity contribution in [3.05, 3.63) is 210 Å². The van der Waals surface area contributed by atoms with E-state index in [9.17, 15) is 0 Å². The Morgan fingerprint density at radius 1 is 0.643 bits per heavy atom. The summed E-state index contributed by atoms with van der Waals surface area (Å²) in [5, 5.41) is 8.56. The molecule has 56 heavy (non-hydrogen) atoms. The van der Waals surface area contributed by atoms with Gasteiger partial charge in [-0.3, -0.25) is 10.6 Å². The van der Waals surface area contributed by atoms with Crippen LogP contribution in [0, 0.1) is 0 Å². The molecule has 2 aromatic heterocycles. The van der Waals surface area contributed by atoms with Crippen molar-refractivity contribution >= 4 is 44.5 Å². The van der Waals surface area contributed by atoms with Crippen molar-refractivity contribution in [3.63, 3.8) is 0 Å². The first-order valence-electron chi connectivity index (χ1n) is 19.9. The maximum absolute atomic E-state index is 6.87. The number of nitrogens with zero attached hydrogens (tertiary/aromatic N) is 1. The predicted molar refractivity (Wildman–Crippen MR) is 230 cm³/mol. The van der Waals surface area contributed by atoms with Crippen molar-refractivity contribution in [1.82, 2.24) is 4.57 Å². The third-order valence-corrected chi connectivity index (χ3v) is 11.8. The molecule has 1 aliphatic rings. The molecule has 7 aromatic carbocycles. The molecule has 4 N–H and O–H groups in total. The normalized spacial score (nSPS) is 15.0. The standard InChI is InChI=1S/C52H43N3O/c1-2-47(54-52(37-18-8-4-9-19-37)53-39-20-10-5-11-21-39)36-28-31-40(32-29-36)55-48-27-13-12-22-43(48)46-34-38(30-33-49(46)55)42-24-15-26-45-44-25-14-23-41(50(44)56-51(42)45)35-16-6-3-7-17-35/h3-22,24-34,41,47,52-54H,2,23H2,1H3/p+2. The molecular weight excluding hydrogens is 683 g/mol. The van der Waals surface area contributed by atoms with Gasteiger partial charge in [-0.1, -0.05) is 140 Å². The molecule has 272 valence electrons. The van der Waals surface area contributed by atoms with Crippen molar-refractivity contribution in [2.45, 2.75) is 37.9 Å². The lowest BCUT2D eigenvalue weighted by atomic mass is 9.86. The van der Waals surface area contributed by atoms with Gasteiger partial charge in [0.15, 0.2) is 0 Å². The molecule has 1 aliphatic carbocycles. The summed E-state index contributed by atoms with van der Waals surface area (Å²) in [6.07, 6.45) is 6.71. The molecule has 4 nitrogen and oxygen atoms in total. The van der Waals surface area contributed by atoms with Crippen LogP contribution in [0.2, 0.25) is 0 Å². The largest absolute Gasteiger partial charge is 0.459 e. The number of rotatable bonds is 10. The molecule has 0 saturated carbocycles. The molecule has 10 rings (SSSR count). The smallest absolute Gasteiger partial charge is 0.242 e. The minimum absolute atomic E-state index is 0.203. The van der Waals surface area contributed by atoms with Gasteiger partial charge in [0.25, 0.3) is 0 Å². The molecule has 0 aliphatic heterocycles. The summed E-state index contributed by atoms with van der Waals surface area (Å²) in [6.45, 7) is 2.29. The molecule has 0 bridgehead atoms. The van der Waals surface area contributed by atoms with Crippen LogP contribution in [0.4, 0.5) is 5.69 Å². The maximum Gasteiger partial charge on any atom is 0.242 e. The molecule has 0 spiro atoms. The highest BCUT2D eigenvalue weighted by atomic mass is 16.3. The Balaban J connectivity index is 1.00. The molecule has 0 fully saturated rings. The van der Waals surface area contributed by atoms with Crippen molar-refractivity contribution < 1.29 is 15.1 Å². The Morgan fingerprint density at radius 3 is 2.12 bits per heavy atom. The first-order valence-corrected chi connectivity index (χ1v) is 19.9. The van der Waals surface area contributed by atoms with E-state index >= 15 is 0 Å². The third-order valence-electron chi connectivity index (χ3n) is 11.8. The maximum atomic E-state index is 6.87. The number of nitrogens with two attached hydrogens (primary N) is 2. The van der Waals surface area contributed by atoms with Crippen molar-refractivity contribution in [2.24, 2.45) is 0 Å². The van der Waals surface area contributed by atoms with Crippen LogP contribution in [-0.2, 0) is 0 Å². The highest BCUT2D eigenvalue weighted by molar-refractivity contribution is 6.11. The fraction of sp³-hybridized carbons (Fsp3) is 0.115. The lowest BCUT2D eigenvalue weighted by molar-refractivity contribution is -0.902. The zero-order chi connectivity index (χ0) is 37.4. The second-order valence-electron chi connectivity index (χ2n) is 15.1. The van der Waals surface area contributed by atoms with Gasteiger partial charge < -0.3 is 8.98 Å². The highest BCUT2D eigenvalue weighted by Crippen LogP contribution is 2.44. The van der Waals surface area contributed by atoms with Crippen LogP contribution in [-0.4, -0.2) is 4.57 Å². The van der Waals surface area contributed by atoms with Gasteiger partial charge in [0.2, 0.25) is 6.17 Å². The molecule has 3 atom stereocenters. The molecule has 0 radical (unpaired) electrons. The summed E-state index contributed by atoms with van der Waals surface area (Å²) in [5.41, 5.74) is 13.2. The van der Waals surface area contributed by atoms with E-state index in [4.69, 9.17) is 4.42 Å². The summed E-state index contributed by atoms with van der Waals surface area (Å²) < 4.78 is 9.29. The number of quaternary nitrogens is 2. The van der Waals surface area contributed by atoms with Gasteiger partial charge >= 0.3 is 0 Å². The first-order chi connectivity index (χ1) is 27.7. The van der Waals surface area contributed by atoms with E-state index in [1.54, 1.807) is 0 Å². The Morgan fingerprint density at radius 2 is 1.34 bits per heavy atom. The van der Waals surface area contributed by atoms with Crippen LogP contribution in [0.5, 0.6) is 0 Å². The Labute approximate surface area is 327 Å². The van der Waals surface area contributed by atoms with E-state index in [2.05, 4.69) is 210 Å². The Bertz CT molecular complexity index is 2820. The van der Waals surface area contributed by atoms with Crippen LogP contribution >= 0.6 is 0 Å².